The Morgan fingerprint density at radius 2 is 1.98 bits per heavy atom. The van der Waals surface area contributed by atoms with Gasteiger partial charge >= 0.3 is 0 Å². The van der Waals surface area contributed by atoms with Gasteiger partial charge in [0.1, 0.15) is 16.9 Å². The lowest BCUT2D eigenvalue weighted by Crippen LogP contribution is -2.28. The molecule has 40 heavy (non-hydrogen) atoms. The van der Waals surface area contributed by atoms with Gasteiger partial charge in [0.15, 0.2) is 11.5 Å². The van der Waals surface area contributed by atoms with Crippen LogP contribution in [0.5, 0.6) is 0 Å². The van der Waals surface area contributed by atoms with E-state index in [0.29, 0.717) is 39.2 Å². The number of anilines is 1. The van der Waals surface area contributed by atoms with Crippen LogP contribution < -0.4 is 11.1 Å². The van der Waals surface area contributed by atoms with Crippen LogP contribution in [0.15, 0.2) is 73.3 Å². The van der Waals surface area contributed by atoms with Gasteiger partial charge in [-0.05, 0) is 37.3 Å². The summed E-state index contributed by atoms with van der Waals surface area (Å²) in [5.41, 5.74) is 10.5. The topological polar surface area (TPSA) is 129 Å². The summed E-state index contributed by atoms with van der Waals surface area (Å²) in [5.74, 6) is 5.41. The number of para-hydroxylation sites is 1. The Kier molecular flexibility index (Phi) is 6.12. The highest BCUT2D eigenvalue weighted by Crippen LogP contribution is 2.29. The number of nitrogen functional groups attached to an aromatic ring is 1. The van der Waals surface area contributed by atoms with Crippen LogP contribution in [0, 0.1) is 17.7 Å². The zero-order valence-corrected chi connectivity index (χ0v) is 21.5. The summed E-state index contributed by atoms with van der Waals surface area (Å²) in [5, 5.41) is 11.3. The number of halogens is 1. The van der Waals surface area contributed by atoms with Crippen LogP contribution in [0.1, 0.15) is 40.1 Å². The Morgan fingerprint density at radius 3 is 2.77 bits per heavy atom. The van der Waals surface area contributed by atoms with Crippen LogP contribution in [0.3, 0.4) is 0 Å². The zero-order chi connectivity index (χ0) is 27.8. The van der Waals surface area contributed by atoms with E-state index in [1.54, 1.807) is 48.4 Å². The number of aromatic nitrogens is 7. The smallest absolute Gasteiger partial charge is 0.259 e. The molecule has 0 spiro atoms. The third kappa shape index (κ3) is 4.58. The molecule has 0 saturated carbocycles. The highest BCUT2D eigenvalue weighted by Gasteiger charge is 2.24. The first-order chi connectivity index (χ1) is 19.4. The molecule has 0 aliphatic heterocycles. The molecule has 10 nitrogen and oxygen atoms in total. The fourth-order valence-electron chi connectivity index (χ4n) is 4.43. The van der Waals surface area contributed by atoms with Crippen molar-refractivity contribution in [3.05, 3.63) is 102 Å². The third-order valence-corrected chi connectivity index (χ3v) is 6.27. The molecule has 4 aromatic heterocycles. The van der Waals surface area contributed by atoms with Crippen molar-refractivity contribution in [3.63, 3.8) is 0 Å². The Labute approximate surface area is 227 Å². The van der Waals surface area contributed by atoms with Gasteiger partial charge in [0, 0.05) is 31.2 Å². The molecule has 0 bridgehead atoms. The minimum absolute atomic E-state index is 0.0511. The summed E-state index contributed by atoms with van der Waals surface area (Å²) in [6.07, 6.45) is 6.71. The first-order valence-electron chi connectivity index (χ1n) is 12.3. The Morgan fingerprint density at radius 1 is 1.12 bits per heavy atom. The fraction of sp³-hybridized carbons (Fsp3) is 0.103. The van der Waals surface area contributed by atoms with Crippen molar-refractivity contribution >= 4 is 28.4 Å². The van der Waals surface area contributed by atoms with E-state index in [1.165, 1.54) is 16.6 Å². The molecule has 0 aliphatic rings. The average Bonchev–Trinajstić information content (AvgIpc) is 3.52. The number of nitrogens with two attached hydrogens (primary N) is 1. The molecule has 0 radical (unpaired) electrons. The van der Waals surface area contributed by atoms with E-state index in [1.807, 2.05) is 31.4 Å². The van der Waals surface area contributed by atoms with E-state index in [2.05, 4.69) is 32.3 Å². The van der Waals surface area contributed by atoms with Crippen LogP contribution in [0.2, 0.25) is 0 Å². The van der Waals surface area contributed by atoms with E-state index >= 15 is 0 Å². The summed E-state index contributed by atoms with van der Waals surface area (Å²) in [4.78, 5) is 27.4. The number of nitrogens with one attached hydrogen (secondary N) is 1. The maximum Gasteiger partial charge on any atom is 0.259 e. The number of hydrogen-bond donors (Lipinski definition) is 2. The molecule has 2 aromatic carbocycles. The molecule has 3 N–H and O–H groups in total. The lowest BCUT2D eigenvalue weighted by atomic mass is 10.0. The maximum absolute atomic E-state index is 14.3. The van der Waals surface area contributed by atoms with Crippen molar-refractivity contribution in [2.24, 2.45) is 7.05 Å². The first kappa shape index (κ1) is 24.7. The lowest BCUT2D eigenvalue weighted by Gasteiger charge is -2.18. The minimum Gasteiger partial charge on any atom is -0.381 e. The van der Waals surface area contributed by atoms with Gasteiger partial charge in [0.2, 0.25) is 0 Å². The van der Waals surface area contributed by atoms with Crippen molar-refractivity contribution < 1.29 is 9.18 Å². The molecule has 6 rings (SSSR count). The number of carbonyl (C=O) groups excluding carboxylic acids is 1. The van der Waals surface area contributed by atoms with Crippen LogP contribution in [-0.4, -0.2) is 40.3 Å². The van der Waals surface area contributed by atoms with Crippen molar-refractivity contribution in [3.8, 4) is 23.1 Å². The van der Waals surface area contributed by atoms with Gasteiger partial charge in [0.25, 0.3) is 5.91 Å². The van der Waals surface area contributed by atoms with E-state index in [9.17, 15) is 9.18 Å². The molecule has 6 aromatic rings. The number of rotatable bonds is 4. The molecular weight excluding hydrogens is 509 g/mol. The number of carbonyl (C=O) groups is 1. The largest absolute Gasteiger partial charge is 0.381 e. The summed E-state index contributed by atoms with van der Waals surface area (Å²) < 4.78 is 17.4. The van der Waals surface area contributed by atoms with E-state index in [4.69, 9.17) is 15.7 Å². The van der Waals surface area contributed by atoms with Gasteiger partial charge < -0.3 is 11.1 Å². The molecule has 0 aliphatic carbocycles. The van der Waals surface area contributed by atoms with E-state index < -0.39 is 17.8 Å². The highest BCUT2D eigenvalue weighted by molar-refractivity contribution is 6.04. The standard InChI is InChI=1S/C29H22FN9O/c1-17(34-29(40)23-27(31)37-39-13-5-12-32-28(23)39)24-26(20-7-3-8-21(30)14-20)36-25-19(6-4-9-22(25)35-24)11-10-18-15-33-38(2)16-18/h3-9,12-17H,1-2H3,(H2,31,37)(H,34,40)/t17-/m0/s1. The number of aryl methyl sites for hydroxylation is 1. The van der Waals surface area contributed by atoms with Crippen LogP contribution in [0.4, 0.5) is 10.2 Å². The van der Waals surface area contributed by atoms with Crippen molar-refractivity contribution in [2.75, 3.05) is 5.73 Å². The molecule has 1 amide bonds. The van der Waals surface area contributed by atoms with Crippen LogP contribution >= 0.6 is 0 Å². The van der Waals surface area contributed by atoms with Gasteiger partial charge in [-0.2, -0.15) is 5.10 Å². The average molecular weight is 532 g/mol. The quantitative estimate of drug-likeness (QED) is 0.332. The SMILES string of the molecule is C[C@H](NC(=O)c1c(N)nn2cccnc12)c1nc2cccc(C#Cc3cnn(C)c3)c2nc1-c1cccc(F)c1. The predicted octanol–water partition coefficient (Wildman–Crippen LogP) is 3.69. The van der Waals surface area contributed by atoms with Crippen molar-refractivity contribution in [1.29, 1.82) is 0 Å². The second-order valence-electron chi connectivity index (χ2n) is 9.14. The number of fused-ring (bicyclic) bond motifs is 2. The Hall–Kier alpha value is -5.63. The first-order valence-corrected chi connectivity index (χ1v) is 12.3. The summed E-state index contributed by atoms with van der Waals surface area (Å²) in [6.45, 7) is 1.78. The monoisotopic (exact) mass is 531 g/mol. The van der Waals surface area contributed by atoms with Gasteiger partial charge in [-0.1, -0.05) is 30.0 Å². The molecule has 0 fully saturated rings. The summed E-state index contributed by atoms with van der Waals surface area (Å²) in [7, 11) is 1.82. The lowest BCUT2D eigenvalue weighted by molar-refractivity contribution is 0.0941. The van der Waals surface area contributed by atoms with Crippen LogP contribution in [0.25, 0.3) is 27.9 Å². The molecule has 196 valence electrons. The predicted molar refractivity (Wildman–Crippen MR) is 147 cm³/mol. The number of hydrogen-bond acceptors (Lipinski definition) is 7. The molecule has 4 heterocycles. The van der Waals surface area contributed by atoms with Crippen LogP contribution in [-0.2, 0) is 7.05 Å². The second kappa shape index (κ2) is 9.92. The Bertz CT molecular complexity index is 1980. The molecule has 1 atom stereocenters. The van der Waals surface area contributed by atoms with Gasteiger partial charge in [-0.3, -0.25) is 9.48 Å². The van der Waals surface area contributed by atoms with Crippen molar-refractivity contribution in [1.82, 2.24) is 39.7 Å². The zero-order valence-electron chi connectivity index (χ0n) is 21.5. The summed E-state index contributed by atoms with van der Waals surface area (Å²) >= 11 is 0. The number of benzene rings is 2. The number of amides is 1. The van der Waals surface area contributed by atoms with Gasteiger partial charge in [-0.25, -0.2) is 23.9 Å². The Balaban J connectivity index is 1.45. The van der Waals surface area contributed by atoms with Gasteiger partial charge in [0.05, 0.1) is 40.3 Å². The fourth-order valence-corrected chi connectivity index (χ4v) is 4.43. The van der Waals surface area contributed by atoms with Crippen molar-refractivity contribution in [2.45, 2.75) is 13.0 Å². The highest BCUT2D eigenvalue weighted by atomic mass is 19.1. The maximum atomic E-state index is 14.3. The van der Waals surface area contributed by atoms with E-state index in [-0.39, 0.29) is 11.4 Å². The number of nitrogens with zero attached hydrogens (tertiary/aromatic N) is 7. The normalized spacial score (nSPS) is 11.8. The van der Waals surface area contributed by atoms with E-state index in [0.717, 1.165) is 5.56 Å². The second-order valence-corrected chi connectivity index (χ2v) is 9.14. The molecule has 11 heteroatoms. The molecule has 0 unspecified atom stereocenters. The molecule has 0 saturated heterocycles. The summed E-state index contributed by atoms with van der Waals surface area (Å²) in [6, 6.07) is 12.6. The third-order valence-electron chi connectivity index (χ3n) is 6.27. The minimum atomic E-state index is -0.633. The van der Waals surface area contributed by atoms with Gasteiger partial charge in [-0.15, -0.1) is 5.10 Å². The molecular formula is C29H22FN9O.